The van der Waals surface area contributed by atoms with E-state index in [0.717, 1.165) is 12.5 Å². The normalized spacial score (nSPS) is 29.6. The maximum absolute atomic E-state index is 13.6. The molecule has 6 heteroatoms. The number of ether oxygens (including phenoxy) is 1. The van der Waals surface area contributed by atoms with Crippen LogP contribution in [-0.4, -0.2) is 34.8 Å². The quantitative estimate of drug-likeness (QED) is 0.839. The summed E-state index contributed by atoms with van der Waals surface area (Å²) >= 11 is 0. The van der Waals surface area contributed by atoms with Gasteiger partial charge in [-0.15, -0.1) is 0 Å². The fraction of sp³-hybridized carbons (Fsp3) is 0.462. The molecule has 1 amide bonds. The zero-order chi connectivity index (χ0) is 13.6. The third-order valence-corrected chi connectivity index (χ3v) is 3.74. The van der Waals surface area contributed by atoms with Crippen LogP contribution in [0.2, 0.25) is 0 Å². The lowest BCUT2D eigenvalue weighted by molar-refractivity contribution is 0.132. The van der Waals surface area contributed by atoms with E-state index in [1.807, 2.05) is 0 Å². The minimum atomic E-state index is -0.989. The highest BCUT2D eigenvalue weighted by Crippen LogP contribution is 2.45. The molecule has 102 valence electrons. The molecule has 2 saturated heterocycles. The van der Waals surface area contributed by atoms with Gasteiger partial charge in [0.2, 0.25) is 0 Å². The van der Waals surface area contributed by atoms with Crippen LogP contribution in [0, 0.1) is 11.6 Å². The molecular weight excluding hydrogens is 256 g/mol. The number of nitrogens with zero attached hydrogens (tertiary/aromatic N) is 1. The number of hydrogen-bond donors (Lipinski definition) is 1. The maximum Gasteiger partial charge on any atom is 0.407 e. The van der Waals surface area contributed by atoms with Crippen molar-refractivity contribution in [2.45, 2.75) is 31.1 Å². The highest BCUT2D eigenvalue weighted by atomic mass is 19.2. The van der Waals surface area contributed by atoms with Gasteiger partial charge in [0.15, 0.2) is 11.6 Å². The van der Waals surface area contributed by atoms with Gasteiger partial charge < -0.3 is 14.7 Å². The lowest BCUT2D eigenvalue weighted by Crippen LogP contribution is -2.37. The highest BCUT2D eigenvalue weighted by molar-refractivity contribution is 5.66. The minimum Gasteiger partial charge on any atom is -0.465 e. The van der Waals surface area contributed by atoms with Gasteiger partial charge in [-0.25, -0.2) is 13.6 Å². The Morgan fingerprint density at radius 2 is 2.21 bits per heavy atom. The first kappa shape index (κ1) is 12.3. The third-order valence-electron chi connectivity index (χ3n) is 3.74. The SMILES string of the molecule is O=C(O)N1CCC[C@@H]1[C@H]1O[C@@H]1c1cccc(F)c1F. The Morgan fingerprint density at radius 1 is 1.42 bits per heavy atom. The van der Waals surface area contributed by atoms with Gasteiger partial charge in [0.25, 0.3) is 0 Å². The van der Waals surface area contributed by atoms with Crippen LogP contribution in [0.1, 0.15) is 24.5 Å². The number of carboxylic acid groups (broad SMARTS) is 1. The summed E-state index contributed by atoms with van der Waals surface area (Å²) in [7, 11) is 0. The molecule has 0 aromatic heterocycles. The molecule has 0 saturated carbocycles. The van der Waals surface area contributed by atoms with Gasteiger partial charge in [0.1, 0.15) is 12.2 Å². The molecule has 3 atom stereocenters. The summed E-state index contributed by atoms with van der Waals surface area (Å²) in [4.78, 5) is 12.4. The van der Waals surface area contributed by atoms with E-state index in [1.165, 1.54) is 17.0 Å². The molecule has 3 rings (SSSR count). The van der Waals surface area contributed by atoms with E-state index in [0.29, 0.717) is 13.0 Å². The van der Waals surface area contributed by atoms with Gasteiger partial charge in [0, 0.05) is 12.1 Å². The van der Waals surface area contributed by atoms with Crippen molar-refractivity contribution in [2.75, 3.05) is 6.54 Å². The van der Waals surface area contributed by atoms with E-state index in [9.17, 15) is 13.6 Å². The number of epoxide rings is 1. The van der Waals surface area contributed by atoms with Gasteiger partial charge in [-0.1, -0.05) is 12.1 Å². The molecule has 19 heavy (non-hydrogen) atoms. The highest BCUT2D eigenvalue weighted by Gasteiger charge is 2.51. The Hall–Kier alpha value is -1.69. The van der Waals surface area contributed by atoms with E-state index in [1.54, 1.807) is 0 Å². The molecule has 2 fully saturated rings. The molecule has 2 heterocycles. The molecular formula is C13H13F2NO3. The van der Waals surface area contributed by atoms with Crippen molar-refractivity contribution in [3.8, 4) is 0 Å². The summed E-state index contributed by atoms with van der Waals surface area (Å²) in [5, 5.41) is 9.05. The first-order chi connectivity index (χ1) is 9.09. The fourth-order valence-corrected chi connectivity index (χ4v) is 2.78. The van der Waals surface area contributed by atoms with Crippen molar-refractivity contribution in [3.63, 3.8) is 0 Å². The Kier molecular flexibility index (Phi) is 2.89. The number of likely N-dealkylation sites (tertiary alicyclic amines) is 1. The number of benzene rings is 1. The van der Waals surface area contributed by atoms with E-state index in [-0.39, 0.29) is 17.7 Å². The van der Waals surface area contributed by atoms with E-state index in [4.69, 9.17) is 9.84 Å². The third kappa shape index (κ3) is 2.06. The van der Waals surface area contributed by atoms with Crippen molar-refractivity contribution < 1.29 is 23.4 Å². The summed E-state index contributed by atoms with van der Waals surface area (Å²) in [6.45, 7) is 0.470. The van der Waals surface area contributed by atoms with Crippen LogP contribution >= 0.6 is 0 Å². The van der Waals surface area contributed by atoms with Crippen LogP contribution in [0.15, 0.2) is 18.2 Å². The zero-order valence-electron chi connectivity index (χ0n) is 10.1. The van der Waals surface area contributed by atoms with Gasteiger partial charge in [0.05, 0.1) is 6.04 Å². The zero-order valence-corrected chi connectivity index (χ0v) is 10.1. The van der Waals surface area contributed by atoms with Crippen molar-refractivity contribution in [2.24, 2.45) is 0 Å². The maximum atomic E-state index is 13.6. The first-order valence-electron chi connectivity index (χ1n) is 6.18. The molecule has 4 nitrogen and oxygen atoms in total. The van der Waals surface area contributed by atoms with Crippen molar-refractivity contribution in [3.05, 3.63) is 35.4 Å². The molecule has 1 N–H and O–H groups in total. The second-order valence-corrected chi connectivity index (χ2v) is 4.85. The fourth-order valence-electron chi connectivity index (χ4n) is 2.78. The first-order valence-corrected chi connectivity index (χ1v) is 6.18. The molecule has 0 aliphatic carbocycles. The van der Waals surface area contributed by atoms with E-state index in [2.05, 4.69) is 0 Å². The lowest BCUT2D eigenvalue weighted by Gasteiger charge is -2.19. The molecule has 1 aromatic rings. The van der Waals surface area contributed by atoms with Crippen molar-refractivity contribution in [1.29, 1.82) is 0 Å². The topological polar surface area (TPSA) is 53.1 Å². The number of rotatable bonds is 2. The second kappa shape index (κ2) is 4.45. The lowest BCUT2D eigenvalue weighted by atomic mass is 10.0. The van der Waals surface area contributed by atoms with Crippen LogP contribution in [0.25, 0.3) is 0 Å². The minimum absolute atomic E-state index is 0.169. The summed E-state index contributed by atoms with van der Waals surface area (Å²) < 4.78 is 32.2. The van der Waals surface area contributed by atoms with Crippen LogP contribution in [-0.2, 0) is 4.74 Å². The standard InChI is InChI=1S/C13H13F2NO3/c14-8-4-1-3-7(10(8)15)11-12(19-11)9-5-2-6-16(9)13(17)18/h1,3-4,9,11-12H,2,5-6H2,(H,17,18)/t9-,11-,12-/m1/s1. The monoisotopic (exact) mass is 269 g/mol. The number of carbonyl (C=O) groups is 1. The molecule has 0 unspecified atom stereocenters. The number of amides is 1. The molecule has 0 bridgehead atoms. The molecule has 1 aromatic carbocycles. The van der Waals surface area contributed by atoms with Crippen LogP contribution in [0.3, 0.4) is 0 Å². The predicted molar refractivity (Wildman–Crippen MR) is 61.7 cm³/mol. The Bertz CT molecular complexity index is 523. The Balaban J connectivity index is 1.77. The summed E-state index contributed by atoms with van der Waals surface area (Å²) in [5.41, 5.74) is 0.169. The predicted octanol–water partition coefficient (Wildman–Crippen LogP) is 2.55. The second-order valence-electron chi connectivity index (χ2n) is 4.85. The van der Waals surface area contributed by atoms with E-state index < -0.39 is 23.8 Å². The van der Waals surface area contributed by atoms with Gasteiger partial charge >= 0.3 is 6.09 Å². The summed E-state index contributed by atoms with van der Waals surface area (Å²) in [6, 6.07) is 3.69. The van der Waals surface area contributed by atoms with Crippen molar-refractivity contribution in [1.82, 2.24) is 4.90 Å². The summed E-state index contributed by atoms with van der Waals surface area (Å²) in [6.07, 6.45) is -0.424. The average Bonchev–Trinajstić information content (AvgIpc) is 2.99. The van der Waals surface area contributed by atoms with Crippen LogP contribution in [0.4, 0.5) is 13.6 Å². The molecule has 0 radical (unpaired) electrons. The largest absolute Gasteiger partial charge is 0.465 e. The smallest absolute Gasteiger partial charge is 0.407 e. The summed E-state index contributed by atoms with van der Waals surface area (Å²) in [5.74, 6) is -1.82. The number of halogens is 2. The van der Waals surface area contributed by atoms with Crippen molar-refractivity contribution >= 4 is 6.09 Å². The van der Waals surface area contributed by atoms with Gasteiger partial charge in [-0.05, 0) is 18.9 Å². The Morgan fingerprint density at radius 3 is 2.95 bits per heavy atom. The molecule has 2 aliphatic heterocycles. The molecule has 0 spiro atoms. The van der Waals surface area contributed by atoms with E-state index >= 15 is 0 Å². The number of hydrogen-bond acceptors (Lipinski definition) is 2. The Labute approximate surface area is 108 Å². The molecule has 2 aliphatic rings. The van der Waals surface area contributed by atoms with Crippen LogP contribution < -0.4 is 0 Å². The average molecular weight is 269 g/mol. The van der Waals surface area contributed by atoms with Gasteiger partial charge in [-0.2, -0.15) is 0 Å². The van der Waals surface area contributed by atoms with Crippen LogP contribution in [0.5, 0.6) is 0 Å². The van der Waals surface area contributed by atoms with Gasteiger partial charge in [-0.3, -0.25) is 0 Å².